The maximum atomic E-state index is 12.3. The molecule has 1 heterocycles. The molecule has 1 aromatic rings. The molecule has 134 valence electrons. The zero-order valence-electron chi connectivity index (χ0n) is 15.6. The maximum Gasteiger partial charge on any atom is 0.222 e. The van der Waals surface area contributed by atoms with Crippen molar-refractivity contribution in [2.75, 3.05) is 20.2 Å². The SMILES string of the molecule is CCCC(C)CC(=O)N1CCC(CCc2ccc(OC)cc2)CC1. The van der Waals surface area contributed by atoms with Crippen LogP contribution in [-0.4, -0.2) is 31.0 Å². The van der Waals surface area contributed by atoms with Crippen molar-refractivity contribution < 1.29 is 9.53 Å². The predicted molar refractivity (Wildman–Crippen MR) is 99.3 cm³/mol. The Balaban J connectivity index is 1.69. The second kappa shape index (κ2) is 9.71. The van der Waals surface area contributed by atoms with Gasteiger partial charge in [0.15, 0.2) is 0 Å². The van der Waals surface area contributed by atoms with E-state index >= 15 is 0 Å². The topological polar surface area (TPSA) is 29.5 Å². The molecule has 0 saturated carbocycles. The molecule has 3 nitrogen and oxygen atoms in total. The van der Waals surface area contributed by atoms with Gasteiger partial charge in [0.2, 0.25) is 5.91 Å². The van der Waals surface area contributed by atoms with Crippen molar-refractivity contribution in [1.82, 2.24) is 4.90 Å². The number of methoxy groups -OCH3 is 1. The molecule has 0 radical (unpaired) electrons. The first kappa shape index (κ1) is 18.8. The van der Waals surface area contributed by atoms with Crippen LogP contribution in [0.4, 0.5) is 0 Å². The summed E-state index contributed by atoms with van der Waals surface area (Å²) >= 11 is 0. The average Bonchev–Trinajstić information content (AvgIpc) is 2.61. The van der Waals surface area contributed by atoms with E-state index in [-0.39, 0.29) is 0 Å². The highest BCUT2D eigenvalue weighted by Crippen LogP contribution is 2.24. The summed E-state index contributed by atoms with van der Waals surface area (Å²) in [7, 11) is 1.70. The van der Waals surface area contributed by atoms with Gasteiger partial charge in [-0.25, -0.2) is 0 Å². The van der Waals surface area contributed by atoms with Gasteiger partial charge in [-0.3, -0.25) is 4.79 Å². The monoisotopic (exact) mass is 331 g/mol. The van der Waals surface area contributed by atoms with Gasteiger partial charge in [-0.15, -0.1) is 0 Å². The summed E-state index contributed by atoms with van der Waals surface area (Å²) in [6, 6.07) is 8.39. The van der Waals surface area contributed by atoms with Crippen LogP contribution in [0.1, 0.15) is 57.9 Å². The molecule has 0 N–H and O–H groups in total. The lowest BCUT2D eigenvalue weighted by molar-refractivity contribution is -0.133. The summed E-state index contributed by atoms with van der Waals surface area (Å²) in [6.07, 6.45) is 7.71. The van der Waals surface area contributed by atoms with Gasteiger partial charge in [-0.05, 0) is 55.2 Å². The zero-order chi connectivity index (χ0) is 17.4. The van der Waals surface area contributed by atoms with Crippen LogP contribution in [0, 0.1) is 11.8 Å². The van der Waals surface area contributed by atoms with Crippen molar-refractivity contribution in [3.05, 3.63) is 29.8 Å². The van der Waals surface area contributed by atoms with E-state index in [9.17, 15) is 4.79 Å². The Morgan fingerprint density at radius 2 is 1.92 bits per heavy atom. The van der Waals surface area contributed by atoms with Crippen molar-refractivity contribution in [1.29, 1.82) is 0 Å². The summed E-state index contributed by atoms with van der Waals surface area (Å²) in [4.78, 5) is 14.4. The fourth-order valence-corrected chi connectivity index (χ4v) is 3.66. The number of carbonyl (C=O) groups is 1. The molecule has 1 saturated heterocycles. The standard InChI is InChI=1S/C21H33NO2/c1-4-5-17(2)16-21(23)22-14-12-19(13-15-22)7-6-18-8-10-20(24-3)11-9-18/h8-11,17,19H,4-7,12-16H2,1-3H3. The Hall–Kier alpha value is -1.51. The fourth-order valence-electron chi connectivity index (χ4n) is 3.66. The Bertz CT molecular complexity index is 489. The number of rotatable bonds is 8. The molecule has 1 aromatic carbocycles. The second-order valence-corrected chi connectivity index (χ2v) is 7.31. The predicted octanol–water partition coefficient (Wildman–Crippen LogP) is 4.69. The van der Waals surface area contributed by atoms with Crippen LogP contribution < -0.4 is 4.74 Å². The molecule has 1 amide bonds. The Morgan fingerprint density at radius 3 is 2.50 bits per heavy atom. The Morgan fingerprint density at radius 1 is 1.25 bits per heavy atom. The van der Waals surface area contributed by atoms with Gasteiger partial charge >= 0.3 is 0 Å². The van der Waals surface area contributed by atoms with Crippen LogP contribution in [0.2, 0.25) is 0 Å². The third-order valence-corrected chi connectivity index (χ3v) is 5.27. The number of ether oxygens (including phenoxy) is 1. The molecule has 1 aliphatic rings. The van der Waals surface area contributed by atoms with E-state index in [1.54, 1.807) is 7.11 Å². The molecule has 24 heavy (non-hydrogen) atoms. The van der Waals surface area contributed by atoms with E-state index in [1.165, 1.54) is 18.4 Å². The molecular weight excluding hydrogens is 298 g/mol. The number of benzene rings is 1. The smallest absolute Gasteiger partial charge is 0.222 e. The third kappa shape index (κ3) is 5.85. The zero-order valence-corrected chi connectivity index (χ0v) is 15.6. The van der Waals surface area contributed by atoms with Crippen molar-refractivity contribution in [2.45, 2.75) is 58.8 Å². The normalized spacial score (nSPS) is 16.9. The largest absolute Gasteiger partial charge is 0.497 e. The molecule has 3 heteroatoms. The summed E-state index contributed by atoms with van der Waals surface area (Å²) in [5.74, 6) is 2.56. The molecule has 1 aliphatic heterocycles. The molecule has 0 bridgehead atoms. The van der Waals surface area contributed by atoms with Gasteiger partial charge in [-0.1, -0.05) is 38.8 Å². The van der Waals surface area contributed by atoms with Crippen LogP contribution in [0.3, 0.4) is 0 Å². The van der Waals surface area contributed by atoms with Gasteiger partial charge < -0.3 is 9.64 Å². The second-order valence-electron chi connectivity index (χ2n) is 7.31. The highest BCUT2D eigenvalue weighted by molar-refractivity contribution is 5.76. The Labute approximate surface area is 147 Å². The van der Waals surface area contributed by atoms with Gasteiger partial charge in [0.25, 0.3) is 0 Å². The van der Waals surface area contributed by atoms with E-state index in [1.807, 2.05) is 12.1 Å². The highest BCUT2D eigenvalue weighted by atomic mass is 16.5. The number of piperidine rings is 1. The number of hydrogen-bond donors (Lipinski definition) is 0. The highest BCUT2D eigenvalue weighted by Gasteiger charge is 2.23. The lowest BCUT2D eigenvalue weighted by atomic mass is 9.90. The molecule has 0 aliphatic carbocycles. The average molecular weight is 332 g/mol. The molecule has 1 atom stereocenters. The molecule has 0 aromatic heterocycles. The van der Waals surface area contributed by atoms with E-state index in [0.29, 0.717) is 11.8 Å². The summed E-state index contributed by atoms with van der Waals surface area (Å²) in [5.41, 5.74) is 1.38. The number of amides is 1. The Kier molecular flexibility index (Phi) is 7.61. The van der Waals surface area contributed by atoms with Crippen molar-refractivity contribution in [3.63, 3.8) is 0 Å². The lowest BCUT2D eigenvalue weighted by Crippen LogP contribution is -2.39. The fraction of sp³-hybridized carbons (Fsp3) is 0.667. The van der Waals surface area contributed by atoms with Crippen LogP contribution in [-0.2, 0) is 11.2 Å². The lowest BCUT2D eigenvalue weighted by Gasteiger charge is -2.32. The molecule has 1 fully saturated rings. The first-order valence-corrected chi connectivity index (χ1v) is 9.53. The third-order valence-electron chi connectivity index (χ3n) is 5.27. The van der Waals surface area contributed by atoms with Crippen LogP contribution in [0.5, 0.6) is 5.75 Å². The van der Waals surface area contributed by atoms with Crippen LogP contribution in [0.25, 0.3) is 0 Å². The van der Waals surface area contributed by atoms with Crippen LogP contribution in [0.15, 0.2) is 24.3 Å². The van der Waals surface area contributed by atoms with Gasteiger partial charge in [-0.2, -0.15) is 0 Å². The van der Waals surface area contributed by atoms with Gasteiger partial charge in [0.05, 0.1) is 7.11 Å². The van der Waals surface area contributed by atoms with Crippen LogP contribution >= 0.6 is 0 Å². The minimum atomic E-state index is 0.365. The number of carbonyl (C=O) groups excluding carboxylic acids is 1. The van der Waals surface area contributed by atoms with Crippen molar-refractivity contribution in [2.24, 2.45) is 11.8 Å². The molecule has 0 spiro atoms. The van der Waals surface area contributed by atoms with Crippen molar-refractivity contribution >= 4 is 5.91 Å². The molecule has 2 rings (SSSR count). The number of nitrogens with zero attached hydrogens (tertiary/aromatic N) is 1. The number of aryl methyl sites for hydroxylation is 1. The number of likely N-dealkylation sites (tertiary alicyclic amines) is 1. The minimum absolute atomic E-state index is 0.365. The van der Waals surface area contributed by atoms with E-state index in [0.717, 1.165) is 56.9 Å². The van der Waals surface area contributed by atoms with Crippen molar-refractivity contribution in [3.8, 4) is 5.75 Å². The first-order valence-electron chi connectivity index (χ1n) is 9.53. The number of hydrogen-bond acceptors (Lipinski definition) is 2. The quantitative estimate of drug-likeness (QED) is 0.691. The van der Waals surface area contributed by atoms with Gasteiger partial charge in [0, 0.05) is 19.5 Å². The molecule has 1 unspecified atom stereocenters. The van der Waals surface area contributed by atoms with Gasteiger partial charge in [0.1, 0.15) is 5.75 Å². The summed E-state index contributed by atoms with van der Waals surface area (Å²) in [6.45, 7) is 6.29. The molecular formula is C21H33NO2. The van der Waals surface area contributed by atoms with E-state index < -0.39 is 0 Å². The minimum Gasteiger partial charge on any atom is -0.497 e. The van der Waals surface area contributed by atoms with E-state index in [2.05, 4.69) is 30.9 Å². The summed E-state index contributed by atoms with van der Waals surface area (Å²) < 4.78 is 5.20. The maximum absolute atomic E-state index is 12.3. The summed E-state index contributed by atoms with van der Waals surface area (Å²) in [5, 5.41) is 0. The van der Waals surface area contributed by atoms with E-state index in [4.69, 9.17) is 4.74 Å². The first-order chi connectivity index (χ1) is 11.6.